The molecule has 6 aliphatic rings. The molecule has 15 nitrogen and oxygen atoms in total. The van der Waals surface area contributed by atoms with Crippen LogP contribution in [0.4, 0.5) is 0 Å². The zero-order valence-electron chi connectivity index (χ0n) is 35.2. The zero-order valence-corrected chi connectivity index (χ0v) is 35.2. The second-order valence-electron chi connectivity index (χ2n) is 15.6. The Balaban J connectivity index is 0.000000168. The largest absolute Gasteiger partial charge is 0.496 e. The van der Waals surface area contributed by atoms with Gasteiger partial charge < -0.3 is 61.6 Å². The van der Waals surface area contributed by atoms with Crippen molar-refractivity contribution in [1.82, 2.24) is 0 Å². The lowest BCUT2D eigenvalue weighted by atomic mass is 9.66. The molecule has 4 unspecified atom stereocenters. The molecule has 0 spiro atoms. The SMILES string of the molecule is C.COc1cc([C@@H]2c3cc4c(cc3[C@@H](OC)C3COC(=O)C32)OCO4)cc(OC)c1C.COc1cc([C@@H]2c3cc4c(cc3[C@H](OC)C3COC(=O)C32)OCO4)cc(OC)c1OC. The molecule has 4 aliphatic heterocycles. The molecule has 4 heterocycles. The van der Waals surface area contributed by atoms with Crippen molar-refractivity contribution >= 4 is 11.9 Å². The predicted octanol–water partition coefficient (Wildman–Crippen LogP) is 7.06. The average Bonchev–Trinajstić information content (AvgIpc) is 4.11. The van der Waals surface area contributed by atoms with Gasteiger partial charge in [0.05, 0.1) is 72.8 Å². The molecule has 62 heavy (non-hydrogen) atoms. The number of hydrogen-bond acceptors (Lipinski definition) is 15. The molecule has 2 saturated heterocycles. The summed E-state index contributed by atoms with van der Waals surface area (Å²) >= 11 is 0. The maximum absolute atomic E-state index is 12.9. The number of carbonyl (C=O) groups is 2. The van der Waals surface area contributed by atoms with E-state index in [1.165, 1.54) is 0 Å². The molecule has 8 atom stereocenters. The Bertz CT molecular complexity index is 2330. The molecule has 4 aromatic rings. The summed E-state index contributed by atoms with van der Waals surface area (Å²) < 4.78 is 73.0. The second-order valence-corrected chi connectivity index (χ2v) is 15.6. The third-order valence-electron chi connectivity index (χ3n) is 12.9. The summed E-state index contributed by atoms with van der Waals surface area (Å²) in [5.74, 6) is 3.63. The molecular formula is C47H52O15. The summed E-state index contributed by atoms with van der Waals surface area (Å²) in [5, 5.41) is 0. The topological polar surface area (TPSA) is 154 Å². The third-order valence-corrected chi connectivity index (χ3v) is 12.9. The number of rotatable bonds is 9. The molecule has 330 valence electrons. The van der Waals surface area contributed by atoms with Gasteiger partial charge in [0.25, 0.3) is 0 Å². The molecule has 0 radical (unpaired) electrons. The number of ether oxygens (including phenoxy) is 13. The van der Waals surface area contributed by atoms with E-state index in [4.69, 9.17) is 61.6 Å². The van der Waals surface area contributed by atoms with E-state index in [9.17, 15) is 9.59 Å². The maximum Gasteiger partial charge on any atom is 0.310 e. The van der Waals surface area contributed by atoms with Crippen LogP contribution in [0.3, 0.4) is 0 Å². The van der Waals surface area contributed by atoms with E-state index < -0.39 is 5.92 Å². The first-order chi connectivity index (χ1) is 29.7. The number of esters is 2. The summed E-state index contributed by atoms with van der Waals surface area (Å²) in [6, 6.07) is 15.6. The number of methoxy groups -OCH3 is 7. The Morgan fingerprint density at radius 1 is 0.468 bits per heavy atom. The first-order valence-electron chi connectivity index (χ1n) is 20.0. The lowest BCUT2D eigenvalue weighted by molar-refractivity contribution is -0.142. The number of carbonyl (C=O) groups excluding carboxylic acids is 2. The van der Waals surface area contributed by atoms with Crippen molar-refractivity contribution in [2.75, 3.05) is 76.6 Å². The third kappa shape index (κ3) is 6.72. The van der Waals surface area contributed by atoms with Gasteiger partial charge in [-0.1, -0.05) is 7.43 Å². The van der Waals surface area contributed by atoms with Crippen LogP contribution in [0.2, 0.25) is 0 Å². The van der Waals surface area contributed by atoms with Crippen LogP contribution in [0, 0.1) is 30.6 Å². The monoisotopic (exact) mass is 856 g/mol. The highest BCUT2D eigenvalue weighted by Gasteiger charge is 2.54. The zero-order chi connectivity index (χ0) is 42.7. The summed E-state index contributed by atoms with van der Waals surface area (Å²) in [6.45, 7) is 2.92. The summed E-state index contributed by atoms with van der Waals surface area (Å²) in [7, 11) is 11.3. The average molecular weight is 857 g/mol. The van der Waals surface area contributed by atoms with E-state index in [1.54, 1.807) is 49.8 Å². The van der Waals surface area contributed by atoms with Crippen molar-refractivity contribution in [2.24, 2.45) is 23.7 Å². The summed E-state index contributed by atoms with van der Waals surface area (Å²) in [5.41, 5.74) is 6.56. The van der Waals surface area contributed by atoms with Crippen LogP contribution in [0.5, 0.6) is 51.7 Å². The lowest BCUT2D eigenvalue weighted by Crippen LogP contribution is -2.35. The molecule has 2 fully saturated rings. The Labute approximate surface area is 360 Å². The van der Waals surface area contributed by atoms with Gasteiger partial charge >= 0.3 is 11.9 Å². The van der Waals surface area contributed by atoms with Gasteiger partial charge in [0.15, 0.2) is 34.5 Å². The molecule has 15 heteroatoms. The normalized spacial score (nSPS) is 25.4. The molecule has 0 amide bonds. The number of fused-ring (bicyclic) bond motifs is 6. The highest BCUT2D eigenvalue weighted by molar-refractivity contribution is 5.80. The van der Waals surface area contributed by atoms with Crippen LogP contribution in [-0.4, -0.2) is 88.5 Å². The fourth-order valence-corrected chi connectivity index (χ4v) is 10.2. The van der Waals surface area contributed by atoms with E-state index in [2.05, 4.69) is 0 Å². The van der Waals surface area contributed by atoms with Crippen molar-refractivity contribution in [3.63, 3.8) is 0 Å². The van der Waals surface area contributed by atoms with Crippen molar-refractivity contribution in [2.45, 2.75) is 38.4 Å². The Kier molecular flexibility index (Phi) is 11.7. The van der Waals surface area contributed by atoms with Gasteiger partial charge in [-0.25, -0.2) is 0 Å². The van der Waals surface area contributed by atoms with E-state index in [0.717, 1.165) is 38.9 Å². The number of benzene rings is 4. The minimum atomic E-state index is -0.416. The molecular weight excluding hydrogens is 805 g/mol. The summed E-state index contributed by atoms with van der Waals surface area (Å²) in [6.07, 6.45) is -0.560. The van der Waals surface area contributed by atoms with Crippen molar-refractivity contribution in [3.05, 3.63) is 87.5 Å². The lowest BCUT2D eigenvalue weighted by Gasteiger charge is -2.38. The quantitative estimate of drug-likeness (QED) is 0.158. The smallest absolute Gasteiger partial charge is 0.310 e. The van der Waals surface area contributed by atoms with E-state index in [1.807, 2.05) is 55.5 Å². The first-order valence-corrected chi connectivity index (χ1v) is 20.0. The van der Waals surface area contributed by atoms with E-state index in [0.29, 0.717) is 65.0 Å². The highest BCUT2D eigenvalue weighted by atomic mass is 16.7. The van der Waals surface area contributed by atoms with Crippen molar-refractivity contribution < 1.29 is 71.2 Å². The molecule has 0 saturated carbocycles. The molecule has 2 aliphatic carbocycles. The minimum Gasteiger partial charge on any atom is -0.496 e. The predicted molar refractivity (Wildman–Crippen MR) is 221 cm³/mol. The molecule has 4 aromatic carbocycles. The maximum atomic E-state index is 12.9. The van der Waals surface area contributed by atoms with E-state index >= 15 is 0 Å². The van der Waals surface area contributed by atoms with Gasteiger partial charge in [-0.05, 0) is 88.8 Å². The van der Waals surface area contributed by atoms with Crippen LogP contribution in [0.1, 0.15) is 70.4 Å². The summed E-state index contributed by atoms with van der Waals surface area (Å²) in [4.78, 5) is 25.8. The minimum absolute atomic E-state index is 0. The molecule has 0 N–H and O–H groups in total. The number of hydrogen-bond donors (Lipinski definition) is 0. The fraction of sp³-hybridized carbons (Fsp3) is 0.447. The van der Waals surface area contributed by atoms with Gasteiger partial charge in [0.2, 0.25) is 19.3 Å². The van der Waals surface area contributed by atoms with Gasteiger partial charge in [0.1, 0.15) is 11.5 Å². The van der Waals surface area contributed by atoms with Crippen molar-refractivity contribution in [3.8, 4) is 51.7 Å². The Morgan fingerprint density at radius 3 is 1.16 bits per heavy atom. The first kappa shape index (κ1) is 42.6. The van der Waals surface area contributed by atoms with Crippen LogP contribution >= 0.6 is 0 Å². The van der Waals surface area contributed by atoms with Crippen LogP contribution in [-0.2, 0) is 28.5 Å². The van der Waals surface area contributed by atoms with Crippen LogP contribution < -0.4 is 42.6 Å². The molecule has 0 aromatic heterocycles. The Hall–Kier alpha value is -6.06. The van der Waals surface area contributed by atoms with Gasteiger partial charge in [-0.3, -0.25) is 9.59 Å². The van der Waals surface area contributed by atoms with Crippen LogP contribution in [0.25, 0.3) is 0 Å². The fourth-order valence-electron chi connectivity index (χ4n) is 10.2. The van der Waals surface area contributed by atoms with Gasteiger partial charge in [-0.2, -0.15) is 0 Å². The Morgan fingerprint density at radius 2 is 0.823 bits per heavy atom. The molecule has 0 bridgehead atoms. The standard InChI is InChI=1S/C23H24O8.C23H24O7.CH4/c1-25-17-5-11(6-18(26-2)22(17)28-4)19-12-7-15-16(31-10-30-15)8-13(12)21(27-3)14-9-29-23(24)20(14)19;1-11-16(25-2)5-12(6-17(11)26-3)20-13-7-18-19(30-10-29-18)8-14(13)22(27-4)15-9-28-23(24)21(15)20;/h5-8,14,19-21H,9-10H2,1-4H3;5-8,15,20-22H,9-10H2,1-4H3;1H4/t14?,19-,20?,21+;15?,20-,21?,22-;/m11./s1. The molecule has 10 rings (SSSR count). The van der Waals surface area contributed by atoms with Crippen LogP contribution in [0.15, 0.2) is 48.5 Å². The van der Waals surface area contributed by atoms with Crippen molar-refractivity contribution in [1.29, 1.82) is 0 Å². The second kappa shape index (κ2) is 17.0. The van der Waals surface area contributed by atoms with Gasteiger partial charge in [-0.15, -0.1) is 0 Å². The number of cyclic esters (lactones) is 2. The van der Waals surface area contributed by atoms with Gasteiger partial charge in [0, 0.05) is 43.5 Å². The van der Waals surface area contributed by atoms with E-state index in [-0.39, 0.29) is 74.7 Å². The highest BCUT2D eigenvalue weighted by Crippen LogP contribution is 2.58.